The molecule has 0 aromatic heterocycles. The first-order valence-corrected chi connectivity index (χ1v) is 7.91. The van der Waals surface area contributed by atoms with E-state index in [4.69, 9.17) is 16.3 Å². The highest BCUT2D eigenvalue weighted by atomic mass is 35.5. The van der Waals surface area contributed by atoms with Gasteiger partial charge in [0.1, 0.15) is 11.6 Å². The minimum atomic E-state index is -0.395. The maximum absolute atomic E-state index is 13.1. The Morgan fingerprint density at radius 1 is 1.13 bits per heavy atom. The molecule has 0 aliphatic heterocycles. The quantitative estimate of drug-likeness (QED) is 0.896. The first kappa shape index (κ1) is 15.8. The lowest BCUT2D eigenvalue weighted by Crippen LogP contribution is -2.52. The summed E-state index contributed by atoms with van der Waals surface area (Å²) in [6, 6.07) is 13.2. The average molecular weight is 334 g/mol. The van der Waals surface area contributed by atoms with Crippen LogP contribution in [0.4, 0.5) is 4.39 Å². The van der Waals surface area contributed by atoms with E-state index in [1.807, 2.05) is 0 Å². The molecule has 2 aromatic carbocycles. The van der Waals surface area contributed by atoms with E-state index < -0.39 is 5.54 Å². The molecule has 0 atom stereocenters. The lowest BCUT2D eigenvalue weighted by atomic mass is 9.72. The summed E-state index contributed by atoms with van der Waals surface area (Å²) in [7, 11) is 0. The van der Waals surface area contributed by atoms with Gasteiger partial charge < -0.3 is 10.1 Å². The molecule has 0 heterocycles. The van der Waals surface area contributed by atoms with Gasteiger partial charge in [0.25, 0.3) is 5.91 Å². The molecule has 1 N–H and O–H groups in total. The molecule has 2 aromatic rings. The predicted octanol–water partition coefficient (Wildman–Crippen LogP) is 4.05. The molecule has 3 nitrogen and oxygen atoms in total. The second kappa shape index (κ2) is 6.59. The van der Waals surface area contributed by atoms with Crippen molar-refractivity contribution in [1.82, 2.24) is 5.32 Å². The Bertz CT molecular complexity index is 681. The standard InChI is InChI=1S/C18H17ClFNO2/c19-14-4-8-16(9-5-14)23-12-17(22)21-18(10-1-11-18)13-2-6-15(20)7-3-13/h2-9H,1,10-12H2,(H,21,22). The molecule has 23 heavy (non-hydrogen) atoms. The van der Waals surface area contributed by atoms with Crippen LogP contribution in [-0.2, 0) is 10.3 Å². The van der Waals surface area contributed by atoms with Gasteiger partial charge in [0.05, 0.1) is 5.54 Å². The molecule has 0 radical (unpaired) electrons. The van der Waals surface area contributed by atoms with Crippen LogP contribution in [0.15, 0.2) is 48.5 Å². The van der Waals surface area contributed by atoms with Crippen molar-refractivity contribution in [3.8, 4) is 5.75 Å². The van der Waals surface area contributed by atoms with Crippen LogP contribution in [0.2, 0.25) is 5.02 Å². The van der Waals surface area contributed by atoms with Crippen LogP contribution < -0.4 is 10.1 Å². The molecule has 0 spiro atoms. The van der Waals surface area contributed by atoms with Crippen molar-refractivity contribution in [3.05, 3.63) is 64.9 Å². The molecule has 1 aliphatic carbocycles. The third-order valence-electron chi connectivity index (χ3n) is 4.17. The lowest BCUT2D eigenvalue weighted by molar-refractivity contribution is -0.126. The van der Waals surface area contributed by atoms with Crippen LogP contribution in [0, 0.1) is 5.82 Å². The number of carbonyl (C=O) groups is 1. The Labute approximate surface area is 139 Å². The molecule has 0 saturated heterocycles. The van der Waals surface area contributed by atoms with Crippen LogP contribution in [0.3, 0.4) is 0 Å². The van der Waals surface area contributed by atoms with Gasteiger partial charge in [-0.25, -0.2) is 4.39 Å². The second-order valence-corrected chi connectivity index (χ2v) is 6.17. The summed E-state index contributed by atoms with van der Waals surface area (Å²) in [6.45, 7) is -0.0649. The Morgan fingerprint density at radius 2 is 1.78 bits per heavy atom. The Balaban J connectivity index is 1.61. The smallest absolute Gasteiger partial charge is 0.258 e. The Morgan fingerprint density at radius 3 is 2.35 bits per heavy atom. The van der Waals surface area contributed by atoms with Gasteiger partial charge in [0, 0.05) is 5.02 Å². The molecule has 0 unspecified atom stereocenters. The molecule has 1 fully saturated rings. The average Bonchev–Trinajstić information content (AvgIpc) is 2.51. The summed E-state index contributed by atoms with van der Waals surface area (Å²) >= 11 is 5.81. The van der Waals surface area contributed by atoms with Crippen molar-refractivity contribution >= 4 is 17.5 Å². The van der Waals surface area contributed by atoms with Gasteiger partial charge in [-0.1, -0.05) is 23.7 Å². The number of hydrogen-bond donors (Lipinski definition) is 1. The van der Waals surface area contributed by atoms with E-state index >= 15 is 0 Å². The molecule has 1 aliphatic rings. The molecular weight excluding hydrogens is 317 g/mol. The van der Waals surface area contributed by atoms with Gasteiger partial charge in [0.15, 0.2) is 6.61 Å². The van der Waals surface area contributed by atoms with Crippen molar-refractivity contribution in [2.24, 2.45) is 0 Å². The number of carbonyl (C=O) groups excluding carboxylic acids is 1. The maximum atomic E-state index is 13.1. The van der Waals surface area contributed by atoms with E-state index in [9.17, 15) is 9.18 Å². The van der Waals surface area contributed by atoms with E-state index in [0.717, 1.165) is 24.8 Å². The number of ether oxygens (including phenoxy) is 1. The van der Waals surface area contributed by atoms with Gasteiger partial charge in [-0.2, -0.15) is 0 Å². The number of nitrogens with one attached hydrogen (secondary N) is 1. The van der Waals surface area contributed by atoms with Gasteiger partial charge in [-0.15, -0.1) is 0 Å². The lowest BCUT2D eigenvalue weighted by Gasteiger charge is -2.43. The highest BCUT2D eigenvalue weighted by Gasteiger charge is 2.39. The number of benzene rings is 2. The van der Waals surface area contributed by atoms with Crippen molar-refractivity contribution in [1.29, 1.82) is 0 Å². The molecule has 120 valence electrons. The minimum Gasteiger partial charge on any atom is -0.484 e. The highest BCUT2D eigenvalue weighted by molar-refractivity contribution is 6.30. The van der Waals surface area contributed by atoms with Crippen molar-refractivity contribution < 1.29 is 13.9 Å². The van der Waals surface area contributed by atoms with Crippen LogP contribution in [0.25, 0.3) is 0 Å². The van der Waals surface area contributed by atoms with E-state index in [2.05, 4.69) is 5.32 Å². The highest BCUT2D eigenvalue weighted by Crippen LogP contribution is 2.41. The molecule has 1 saturated carbocycles. The number of hydrogen-bond acceptors (Lipinski definition) is 2. The summed E-state index contributed by atoms with van der Waals surface area (Å²) in [5.74, 6) is 0.124. The van der Waals surface area contributed by atoms with Crippen LogP contribution >= 0.6 is 11.6 Å². The summed E-state index contributed by atoms with van der Waals surface area (Å²) in [5.41, 5.74) is 0.540. The van der Waals surface area contributed by atoms with E-state index in [1.165, 1.54) is 12.1 Å². The second-order valence-electron chi connectivity index (χ2n) is 5.73. The SMILES string of the molecule is O=C(COc1ccc(Cl)cc1)NC1(c2ccc(F)cc2)CCC1. The number of rotatable bonds is 5. The zero-order chi connectivity index (χ0) is 16.3. The van der Waals surface area contributed by atoms with Crippen molar-refractivity contribution in [2.75, 3.05) is 6.61 Å². The summed E-state index contributed by atoms with van der Waals surface area (Å²) in [6.07, 6.45) is 2.74. The Kier molecular flexibility index (Phi) is 4.53. The van der Waals surface area contributed by atoms with Crippen LogP contribution in [-0.4, -0.2) is 12.5 Å². The topological polar surface area (TPSA) is 38.3 Å². The first-order valence-electron chi connectivity index (χ1n) is 7.53. The fraction of sp³-hybridized carbons (Fsp3) is 0.278. The predicted molar refractivity (Wildman–Crippen MR) is 87.0 cm³/mol. The molecule has 1 amide bonds. The van der Waals surface area contributed by atoms with Crippen molar-refractivity contribution in [3.63, 3.8) is 0 Å². The number of amides is 1. The fourth-order valence-corrected chi connectivity index (χ4v) is 2.89. The van der Waals surface area contributed by atoms with Gasteiger partial charge in [-0.05, 0) is 61.2 Å². The normalized spacial score (nSPS) is 15.6. The van der Waals surface area contributed by atoms with Crippen molar-refractivity contribution in [2.45, 2.75) is 24.8 Å². The fourth-order valence-electron chi connectivity index (χ4n) is 2.77. The summed E-state index contributed by atoms with van der Waals surface area (Å²) < 4.78 is 18.5. The monoisotopic (exact) mass is 333 g/mol. The maximum Gasteiger partial charge on any atom is 0.258 e. The van der Waals surface area contributed by atoms with Crippen LogP contribution in [0.1, 0.15) is 24.8 Å². The third-order valence-corrected chi connectivity index (χ3v) is 4.42. The molecule has 3 rings (SSSR count). The summed E-state index contributed by atoms with van der Waals surface area (Å²) in [5, 5.41) is 3.65. The van der Waals surface area contributed by atoms with Crippen LogP contribution in [0.5, 0.6) is 5.75 Å². The molecular formula is C18H17ClFNO2. The van der Waals surface area contributed by atoms with E-state index in [-0.39, 0.29) is 18.3 Å². The number of halogens is 2. The van der Waals surface area contributed by atoms with Gasteiger partial charge in [-0.3, -0.25) is 4.79 Å². The van der Waals surface area contributed by atoms with E-state index in [1.54, 1.807) is 36.4 Å². The third kappa shape index (κ3) is 3.64. The summed E-state index contributed by atoms with van der Waals surface area (Å²) in [4.78, 5) is 12.2. The minimum absolute atomic E-state index is 0.0649. The Hall–Kier alpha value is -2.07. The molecule has 0 bridgehead atoms. The first-order chi connectivity index (χ1) is 11.1. The zero-order valence-electron chi connectivity index (χ0n) is 12.5. The van der Waals surface area contributed by atoms with E-state index in [0.29, 0.717) is 10.8 Å². The van der Waals surface area contributed by atoms with Gasteiger partial charge in [0.2, 0.25) is 0 Å². The molecule has 5 heteroatoms. The zero-order valence-corrected chi connectivity index (χ0v) is 13.3. The largest absolute Gasteiger partial charge is 0.484 e. The van der Waals surface area contributed by atoms with Gasteiger partial charge >= 0.3 is 0 Å².